The van der Waals surface area contributed by atoms with Gasteiger partial charge in [0.2, 0.25) is 0 Å². The van der Waals surface area contributed by atoms with Gasteiger partial charge in [-0.1, -0.05) is 24.3 Å². The van der Waals surface area contributed by atoms with Crippen molar-refractivity contribution in [3.63, 3.8) is 0 Å². The number of rotatable bonds is 7. The molecule has 7 heteroatoms. The van der Waals surface area contributed by atoms with Crippen LogP contribution in [-0.4, -0.2) is 48.3 Å². The molecule has 1 aliphatic rings. The van der Waals surface area contributed by atoms with E-state index in [1.807, 2.05) is 12.1 Å². The van der Waals surface area contributed by atoms with E-state index in [9.17, 15) is 14.7 Å². The third-order valence-corrected chi connectivity index (χ3v) is 6.14. The van der Waals surface area contributed by atoms with Crippen LogP contribution in [0.1, 0.15) is 54.2 Å². The minimum absolute atomic E-state index is 0.0596. The van der Waals surface area contributed by atoms with Crippen molar-refractivity contribution < 1.29 is 24.2 Å². The van der Waals surface area contributed by atoms with Crippen LogP contribution in [0, 0.1) is 0 Å². The predicted octanol–water partition coefficient (Wildman–Crippen LogP) is 4.29. The Labute approximate surface area is 193 Å². The van der Waals surface area contributed by atoms with Gasteiger partial charge < -0.3 is 24.9 Å². The predicted molar refractivity (Wildman–Crippen MR) is 127 cm³/mol. The highest BCUT2D eigenvalue weighted by Crippen LogP contribution is 2.40. The molecule has 0 radical (unpaired) electrons. The smallest absolute Gasteiger partial charge is 0.340 e. The molecule has 0 atom stereocenters. The van der Waals surface area contributed by atoms with Gasteiger partial charge in [0.1, 0.15) is 5.75 Å². The molecule has 1 aromatic heterocycles. The Morgan fingerprint density at radius 3 is 2.36 bits per heavy atom. The van der Waals surface area contributed by atoms with E-state index in [4.69, 9.17) is 9.47 Å². The van der Waals surface area contributed by atoms with Gasteiger partial charge >= 0.3 is 11.9 Å². The molecule has 0 bridgehead atoms. The number of carbonyl (C=O) groups is 2. The van der Waals surface area contributed by atoms with Crippen molar-refractivity contribution in [2.45, 2.75) is 39.0 Å². The summed E-state index contributed by atoms with van der Waals surface area (Å²) < 4.78 is 10.4. The average Bonchev–Trinajstić information content (AvgIpc) is 3.18. The first-order chi connectivity index (χ1) is 16.0. The molecule has 2 aromatic carbocycles. The fourth-order valence-electron chi connectivity index (χ4n) is 4.62. The van der Waals surface area contributed by atoms with Gasteiger partial charge in [0.15, 0.2) is 0 Å². The molecule has 0 saturated carbocycles. The lowest BCUT2D eigenvalue weighted by atomic mass is 9.88. The highest BCUT2D eigenvalue weighted by atomic mass is 16.5. The molecule has 7 nitrogen and oxygen atoms in total. The van der Waals surface area contributed by atoms with E-state index >= 15 is 0 Å². The quantitative estimate of drug-likeness (QED) is 0.464. The monoisotopic (exact) mass is 450 g/mol. The van der Waals surface area contributed by atoms with Gasteiger partial charge in [-0.15, -0.1) is 0 Å². The maximum Gasteiger partial charge on any atom is 0.340 e. The van der Waals surface area contributed by atoms with Crippen molar-refractivity contribution in [2.75, 3.05) is 26.3 Å². The Morgan fingerprint density at radius 2 is 1.70 bits per heavy atom. The summed E-state index contributed by atoms with van der Waals surface area (Å²) in [5.41, 5.74) is 3.93. The number of aromatic amines is 1. The molecule has 0 spiro atoms. The summed E-state index contributed by atoms with van der Waals surface area (Å²) in [6.45, 7) is 5.95. The van der Waals surface area contributed by atoms with Crippen LogP contribution in [0.5, 0.6) is 5.75 Å². The lowest BCUT2D eigenvalue weighted by Gasteiger charge is -2.23. The molecule has 3 aromatic rings. The fraction of sp³-hybridized carbons (Fsp3) is 0.385. The van der Waals surface area contributed by atoms with Crippen LogP contribution in [0.15, 0.2) is 36.4 Å². The Bertz CT molecular complexity index is 1140. The summed E-state index contributed by atoms with van der Waals surface area (Å²) in [6.07, 6.45) is 2.11. The SMILES string of the molecule is CCOC(=O)Cc1[nH]c2ccc(O)c(-c3ccc(C4CCNCC4)cc3)c2c1C(=O)OCC. The Morgan fingerprint density at radius 1 is 1.00 bits per heavy atom. The molecular formula is C26H30N2O5. The first-order valence-electron chi connectivity index (χ1n) is 11.5. The maximum absolute atomic E-state index is 13.0. The minimum atomic E-state index is -0.541. The van der Waals surface area contributed by atoms with Gasteiger partial charge in [-0.2, -0.15) is 0 Å². The summed E-state index contributed by atoms with van der Waals surface area (Å²) in [7, 11) is 0. The van der Waals surface area contributed by atoms with Crippen molar-refractivity contribution in [2.24, 2.45) is 0 Å². The fourth-order valence-corrected chi connectivity index (χ4v) is 4.62. The number of aromatic nitrogens is 1. The Balaban J connectivity index is 1.82. The zero-order chi connectivity index (χ0) is 23.4. The van der Waals surface area contributed by atoms with E-state index in [2.05, 4.69) is 22.4 Å². The number of nitrogens with one attached hydrogen (secondary N) is 2. The Hall–Kier alpha value is -3.32. The van der Waals surface area contributed by atoms with Crippen LogP contribution in [0.25, 0.3) is 22.0 Å². The van der Waals surface area contributed by atoms with Crippen molar-refractivity contribution >= 4 is 22.8 Å². The lowest BCUT2D eigenvalue weighted by molar-refractivity contribution is -0.142. The van der Waals surface area contributed by atoms with Crippen LogP contribution < -0.4 is 5.32 Å². The second-order valence-electron chi connectivity index (χ2n) is 8.21. The molecular weight excluding hydrogens is 420 g/mol. The molecule has 0 amide bonds. The van der Waals surface area contributed by atoms with Gasteiger partial charge in [-0.3, -0.25) is 4.79 Å². The van der Waals surface area contributed by atoms with Crippen molar-refractivity contribution in [1.29, 1.82) is 0 Å². The van der Waals surface area contributed by atoms with Gasteiger partial charge in [0, 0.05) is 22.2 Å². The van der Waals surface area contributed by atoms with Crippen molar-refractivity contribution in [1.82, 2.24) is 10.3 Å². The van der Waals surface area contributed by atoms with Gasteiger partial charge in [-0.25, -0.2) is 4.79 Å². The number of fused-ring (bicyclic) bond motifs is 1. The standard InChI is InChI=1S/C26H30N2O5/c1-3-32-22(30)15-20-25(26(31)33-4-2)24-19(28-20)9-10-21(29)23(24)18-7-5-16(6-8-18)17-11-13-27-14-12-17/h5-10,17,27-29H,3-4,11-15H2,1-2H3. The minimum Gasteiger partial charge on any atom is -0.507 e. The molecule has 0 aliphatic carbocycles. The number of aromatic hydroxyl groups is 1. The first kappa shape index (κ1) is 22.9. The highest BCUT2D eigenvalue weighted by molar-refractivity contribution is 6.13. The molecule has 33 heavy (non-hydrogen) atoms. The van der Waals surface area contributed by atoms with E-state index in [0.29, 0.717) is 28.1 Å². The summed E-state index contributed by atoms with van der Waals surface area (Å²) >= 11 is 0. The van der Waals surface area contributed by atoms with E-state index in [1.54, 1.807) is 26.0 Å². The van der Waals surface area contributed by atoms with Gasteiger partial charge in [0.25, 0.3) is 0 Å². The van der Waals surface area contributed by atoms with Crippen LogP contribution in [0.4, 0.5) is 0 Å². The van der Waals surface area contributed by atoms with E-state index in [0.717, 1.165) is 31.5 Å². The summed E-state index contributed by atoms with van der Waals surface area (Å²) in [5, 5.41) is 14.8. The molecule has 0 unspecified atom stereocenters. The molecule has 1 aliphatic heterocycles. The zero-order valence-corrected chi connectivity index (χ0v) is 19.1. The van der Waals surface area contributed by atoms with Crippen LogP contribution in [0.2, 0.25) is 0 Å². The van der Waals surface area contributed by atoms with Crippen LogP contribution in [-0.2, 0) is 20.7 Å². The lowest BCUT2D eigenvalue weighted by Crippen LogP contribution is -2.26. The van der Waals surface area contributed by atoms with Crippen LogP contribution >= 0.6 is 0 Å². The first-order valence-corrected chi connectivity index (χ1v) is 11.5. The third-order valence-electron chi connectivity index (χ3n) is 6.14. The number of hydrogen-bond acceptors (Lipinski definition) is 6. The van der Waals surface area contributed by atoms with E-state index < -0.39 is 11.9 Å². The van der Waals surface area contributed by atoms with Crippen molar-refractivity contribution in [3.8, 4) is 16.9 Å². The molecule has 3 N–H and O–H groups in total. The Kier molecular flexibility index (Phi) is 6.99. The second-order valence-corrected chi connectivity index (χ2v) is 8.21. The largest absolute Gasteiger partial charge is 0.507 e. The maximum atomic E-state index is 13.0. The molecule has 4 rings (SSSR count). The van der Waals surface area contributed by atoms with Crippen molar-refractivity contribution in [3.05, 3.63) is 53.2 Å². The number of piperidine rings is 1. The molecule has 1 fully saturated rings. The summed E-state index contributed by atoms with van der Waals surface area (Å²) in [6, 6.07) is 11.5. The number of benzene rings is 2. The number of esters is 2. The van der Waals surface area contributed by atoms with Crippen LogP contribution in [0.3, 0.4) is 0 Å². The average molecular weight is 451 g/mol. The molecule has 1 saturated heterocycles. The summed E-state index contributed by atoms with van der Waals surface area (Å²) in [5.74, 6) is -0.402. The van der Waals surface area contributed by atoms with E-state index in [-0.39, 0.29) is 30.9 Å². The number of carbonyl (C=O) groups excluding carboxylic acids is 2. The summed E-state index contributed by atoms with van der Waals surface area (Å²) in [4.78, 5) is 28.3. The van der Waals surface area contributed by atoms with Gasteiger partial charge in [-0.05, 0) is 69.0 Å². The topological polar surface area (TPSA) is 101 Å². The number of H-pyrrole nitrogens is 1. The van der Waals surface area contributed by atoms with Gasteiger partial charge in [0.05, 0.1) is 25.2 Å². The third kappa shape index (κ3) is 4.73. The number of hydrogen-bond donors (Lipinski definition) is 3. The molecule has 174 valence electrons. The van der Waals surface area contributed by atoms with E-state index in [1.165, 1.54) is 5.56 Å². The highest BCUT2D eigenvalue weighted by Gasteiger charge is 2.26. The zero-order valence-electron chi connectivity index (χ0n) is 19.1. The normalized spacial score (nSPS) is 14.4. The number of phenolic OH excluding ortho intramolecular Hbond substituents is 1. The molecule has 2 heterocycles. The number of ether oxygens (including phenoxy) is 2. The second kappa shape index (κ2) is 10.1. The number of phenols is 1.